The van der Waals surface area contributed by atoms with Crippen molar-refractivity contribution in [1.29, 1.82) is 0 Å². The van der Waals surface area contributed by atoms with Crippen LogP contribution in [0.1, 0.15) is 5.56 Å². The van der Waals surface area contributed by atoms with Gasteiger partial charge in [0.2, 0.25) is 0 Å². The van der Waals surface area contributed by atoms with Gasteiger partial charge in [0.05, 0.1) is 12.1 Å². The van der Waals surface area contributed by atoms with E-state index in [2.05, 4.69) is 0 Å². The number of hydrogen-bond acceptors (Lipinski definition) is 6. The second-order valence-electron chi connectivity index (χ2n) is 8.42. The largest absolute Gasteiger partial charge is 0.492 e. The first kappa shape index (κ1) is 25.2. The van der Waals surface area contributed by atoms with Gasteiger partial charge < -0.3 is 19.7 Å². The van der Waals surface area contributed by atoms with Gasteiger partial charge >= 0.3 is 0 Å². The summed E-state index contributed by atoms with van der Waals surface area (Å²) in [6.07, 6.45) is -2.84. The normalized spacial score (nSPS) is 25.0. The second-order valence-corrected chi connectivity index (χ2v) is 10.4. The average Bonchev–Trinajstić information content (AvgIpc) is 2.93. The summed E-state index contributed by atoms with van der Waals surface area (Å²) in [5.74, 6) is 1.07. The van der Waals surface area contributed by atoms with Crippen LogP contribution >= 0.6 is 0 Å². The maximum Gasteiger partial charge on any atom is 0.282 e. The van der Waals surface area contributed by atoms with Crippen LogP contribution in [-0.2, 0) is 16.8 Å². The molecule has 0 unspecified atom stereocenters. The zero-order chi connectivity index (χ0) is 24.8. The Hall–Kier alpha value is -2.95. The molecule has 0 spiro atoms. The Kier molecular flexibility index (Phi) is 8.04. The molecule has 1 fully saturated rings. The van der Waals surface area contributed by atoms with Crippen LogP contribution in [0.3, 0.4) is 0 Å². The lowest BCUT2D eigenvalue weighted by atomic mass is 9.99. The average molecular weight is 499 g/mol. The van der Waals surface area contributed by atoms with Gasteiger partial charge in [0.1, 0.15) is 36.9 Å². The molecule has 0 saturated carbocycles. The van der Waals surface area contributed by atoms with Crippen LogP contribution in [0.5, 0.6) is 11.5 Å². The predicted octanol–water partition coefficient (Wildman–Crippen LogP) is 2.30. The standard InChI is InChI=1S/C26H30N2O6S/c1-27-23(18-33-21-13-7-3-8-14-21)25(29)26(30)24(19-34-22-15-9-4-10-16-22)28(35(27,31)32)17-20-11-5-2-6-12-20/h2-16,23-26,29-30H,17-19H2,1H3/t23-,24-,25+,26+/m0/s1. The van der Waals surface area contributed by atoms with Crippen molar-refractivity contribution in [3.63, 3.8) is 0 Å². The molecular formula is C26H30N2O6S. The molecular weight excluding hydrogens is 468 g/mol. The number of rotatable bonds is 8. The molecule has 1 saturated heterocycles. The quantitative estimate of drug-likeness (QED) is 0.495. The van der Waals surface area contributed by atoms with Crippen LogP contribution < -0.4 is 9.47 Å². The summed E-state index contributed by atoms with van der Waals surface area (Å²) in [5, 5.41) is 22.4. The van der Waals surface area contributed by atoms with E-state index >= 15 is 0 Å². The molecule has 1 heterocycles. The number of nitrogens with zero attached hydrogens (tertiary/aromatic N) is 2. The van der Waals surface area contributed by atoms with Gasteiger partial charge in [0, 0.05) is 13.6 Å². The van der Waals surface area contributed by atoms with Crippen molar-refractivity contribution in [3.8, 4) is 11.5 Å². The zero-order valence-electron chi connectivity index (χ0n) is 19.4. The third-order valence-corrected chi connectivity index (χ3v) is 8.14. The summed E-state index contributed by atoms with van der Waals surface area (Å²) in [6, 6.07) is 24.9. The molecule has 9 heteroatoms. The summed E-state index contributed by atoms with van der Waals surface area (Å²) in [7, 11) is -2.73. The molecule has 1 aliphatic heterocycles. The number of ether oxygens (including phenoxy) is 2. The Balaban J connectivity index is 1.65. The molecule has 8 nitrogen and oxygen atoms in total. The molecule has 0 radical (unpaired) electrons. The SMILES string of the molecule is CN1[C@@H](COc2ccccc2)[C@@H](O)[C@H](O)[C@H](COc2ccccc2)N(Cc2ccccc2)S1(=O)=O. The number of aliphatic hydroxyl groups is 2. The predicted molar refractivity (Wildman–Crippen MR) is 132 cm³/mol. The molecule has 0 bridgehead atoms. The van der Waals surface area contributed by atoms with Gasteiger partial charge in [-0.15, -0.1) is 0 Å². The molecule has 1 aliphatic rings. The van der Waals surface area contributed by atoms with Crippen molar-refractivity contribution in [1.82, 2.24) is 8.61 Å². The molecule has 3 aromatic rings. The van der Waals surface area contributed by atoms with E-state index in [-0.39, 0.29) is 19.8 Å². The maximum absolute atomic E-state index is 13.8. The minimum atomic E-state index is -4.12. The van der Waals surface area contributed by atoms with Gasteiger partial charge in [-0.3, -0.25) is 0 Å². The Morgan fingerprint density at radius 1 is 0.714 bits per heavy atom. The first-order chi connectivity index (χ1) is 16.9. The number of benzene rings is 3. The van der Waals surface area contributed by atoms with Gasteiger partial charge in [-0.25, -0.2) is 0 Å². The molecule has 3 aromatic carbocycles. The van der Waals surface area contributed by atoms with Crippen molar-refractivity contribution in [2.75, 3.05) is 20.3 Å². The van der Waals surface area contributed by atoms with E-state index < -0.39 is 34.5 Å². The first-order valence-corrected chi connectivity index (χ1v) is 12.8. The number of hydrogen-bond donors (Lipinski definition) is 2. The smallest absolute Gasteiger partial charge is 0.282 e. The van der Waals surface area contributed by atoms with E-state index in [1.54, 1.807) is 48.5 Å². The molecule has 186 valence electrons. The van der Waals surface area contributed by atoms with E-state index in [0.717, 1.165) is 9.87 Å². The fourth-order valence-corrected chi connectivity index (χ4v) is 5.79. The monoisotopic (exact) mass is 498 g/mol. The summed E-state index contributed by atoms with van der Waals surface area (Å²) in [4.78, 5) is 0. The zero-order valence-corrected chi connectivity index (χ0v) is 20.2. The molecule has 0 aromatic heterocycles. The van der Waals surface area contributed by atoms with Gasteiger partial charge in [0.25, 0.3) is 10.2 Å². The van der Waals surface area contributed by atoms with Crippen LogP contribution in [0.25, 0.3) is 0 Å². The van der Waals surface area contributed by atoms with Crippen molar-refractivity contribution in [3.05, 3.63) is 96.6 Å². The summed E-state index contributed by atoms with van der Waals surface area (Å²) < 4.78 is 41.5. The van der Waals surface area contributed by atoms with E-state index in [1.807, 2.05) is 42.5 Å². The Morgan fingerprint density at radius 2 is 1.14 bits per heavy atom. The second kappa shape index (κ2) is 11.2. The summed E-state index contributed by atoms with van der Waals surface area (Å²) in [6.45, 7) is -0.274. The van der Waals surface area contributed by atoms with Gasteiger partial charge in [-0.1, -0.05) is 66.7 Å². The minimum absolute atomic E-state index is 0.00632. The lowest BCUT2D eigenvalue weighted by Gasteiger charge is -2.32. The summed E-state index contributed by atoms with van der Waals surface area (Å²) in [5.41, 5.74) is 0.745. The van der Waals surface area contributed by atoms with E-state index in [4.69, 9.17) is 9.47 Å². The molecule has 35 heavy (non-hydrogen) atoms. The summed E-state index contributed by atoms with van der Waals surface area (Å²) >= 11 is 0. The highest BCUT2D eigenvalue weighted by molar-refractivity contribution is 7.86. The minimum Gasteiger partial charge on any atom is -0.492 e. The fourth-order valence-electron chi connectivity index (χ4n) is 4.09. The van der Waals surface area contributed by atoms with Crippen LogP contribution in [0.2, 0.25) is 0 Å². The lowest BCUT2D eigenvalue weighted by molar-refractivity contribution is -0.0539. The Bertz CT molecular complexity index is 1160. The number of aliphatic hydroxyl groups excluding tert-OH is 2. The highest BCUT2D eigenvalue weighted by Gasteiger charge is 2.49. The van der Waals surface area contributed by atoms with Crippen LogP contribution in [0.15, 0.2) is 91.0 Å². The molecule has 4 atom stereocenters. The maximum atomic E-state index is 13.8. The van der Waals surface area contributed by atoms with E-state index in [1.165, 1.54) is 11.4 Å². The van der Waals surface area contributed by atoms with Gasteiger partial charge in [-0.2, -0.15) is 17.0 Å². The molecule has 0 amide bonds. The topological polar surface area (TPSA) is 99.5 Å². The van der Waals surface area contributed by atoms with Crippen LogP contribution in [0, 0.1) is 0 Å². The van der Waals surface area contributed by atoms with E-state index in [0.29, 0.717) is 11.5 Å². The highest BCUT2D eigenvalue weighted by Crippen LogP contribution is 2.29. The third-order valence-electron chi connectivity index (χ3n) is 6.14. The molecule has 4 rings (SSSR count). The number of para-hydroxylation sites is 2. The Morgan fingerprint density at radius 3 is 1.66 bits per heavy atom. The number of likely N-dealkylation sites (N-methyl/N-ethyl adjacent to an activating group) is 1. The van der Waals surface area contributed by atoms with Crippen molar-refractivity contribution in [2.24, 2.45) is 0 Å². The van der Waals surface area contributed by atoms with Crippen LogP contribution in [-0.4, -0.2) is 71.8 Å². The van der Waals surface area contributed by atoms with Crippen LogP contribution in [0.4, 0.5) is 0 Å². The van der Waals surface area contributed by atoms with Crippen molar-refractivity contribution >= 4 is 10.2 Å². The van der Waals surface area contributed by atoms with Gasteiger partial charge in [0.15, 0.2) is 0 Å². The molecule has 0 aliphatic carbocycles. The highest BCUT2D eigenvalue weighted by atomic mass is 32.2. The van der Waals surface area contributed by atoms with Crippen molar-refractivity contribution in [2.45, 2.75) is 30.8 Å². The Labute approximate surface area is 206 Å². The lowest BCUT2D eigenvalue weighted by Crippen LogP contribution is -2.52. The fraction of sp³-hybridized carbons (Fsp3) is 0.308. The van der Waals surface area contributed by atoms with Gasteiger partial charge in [-0.05, 0) is 29.8 Å². The third kappa shape index (κ3) is 5.83. The van der Waals surface area contributed by atoms with E-state index in [9.17, 15) is 18.6 Å². The van der Waals surface area contributed by atoms with Crippen molar-refractivity contribution < 1.29 is 28.1 Å². The molecule has 2 N–H and O–H groups in total. The first-order valence-electron chi connectivity index (χ1n) is 11.4.